The van der Waals surface area contributed by atoms with Crippen LogP contribution in [0.2, 0.25) is 0 Å². The Hall–Kier alpha value is -1.17. The fraction of sp³-hybridized carbons (Fsp3) is 0. The molecule has 2 aromatic rings. The number of rotatable bonds is 2. The Morgan fingerprint density at radius 1 is 1.14 bits per heavy atom. The van der Waals surface area contributed by atoms with Crippen molar-refractivity contribution >= 4 is 22.6 Å². The molecule has 0 radical (unpaired) electrons. The van der Waals surface area contributed by atoms with Gasteiger partial charge in [-0.05, 0) is 40.8 Å². The van der Waals surface area contributed by atoms with Gasteiger partial charge in [-0.15, -0.1) is 0 Å². The lowest BCUT2D eigenvalue weighted by Crippen LogP contribution is -1.87. The zero-order valence-electron chi connectivity index (χ0n) is 7.22. The Labute approximate surface area is 95.3 Å². The fourth-order valence-corrected chi connectivity index (χ4v) is 1.27. The second-order valence-electron chi connectivity index (χ2n) is 2.61. The van der Waals surface area contributed by atoms with Crippen molar-refractivity contribution in [1.29, 1.82) is 0 Å². The summed E-state index contributed by atoms with van der Waals surface area (Å²) in [5, 5.41) is 0. The fourth-order valence-electron chi connectivity index (χ4n) is 0.951. The van der Waals surface area contributed by atoms with E-state index in [2.05, 4.69) is 32.6 Å². The third-order valence-electron chi connectivity index (χ3n) is 1.56. The van der Waals surface area contributed by atoms with Crippen molar-refractivity contribution in [3.8, 4) is 11.6 Å². The average molecular weight is 298 g/mol. The van der Waals surface area contributed by atoms with Gasteiger partial charge in [-0.25, -0.2) is 4.98 Å². The predicted octanol–water partition coefficient (Wildman–Crippen LogP) is 2.87. The zero-order chi connectivity index (χ0) is 9.80. The highest BCUT2D eigenvalue weighted by molar-refractivity contribution is 14.1. The van der Waals surface area contributed by atoms with E-state index >= 15 is 0 Å². The van der Waals surface area contributed by atoms with Crippen molar-refractivity contribution in [3.05, 3.63) is 46.4 Å². The monoisotopic (exact) mass is 298 g/mol. The lowest BCUT2D eigenvalue weighted by molar-refractivity contribution is 0.460. The maximum absolute atomic E-state index is 5.46. The highest BCUT2D eigenvalue weighted by atomic mass is 127. The normalized spacial score (nSPS) is 9.79. The molecule has 0 bridgehead atoms. The van der Waals surface area contributed by atoms with Crippen LogP contribution in [-0.4, -0.2) is 9.97 Å². The van der Waals surface area contributed by atoms with Gasteiger partial charge in [0.1, 0.15) is 5.75 Å². The van der Waals surface area contributed by atoms with E-state index in [4.69, 9.17) is 4.74 Å². The highest BCUT2D eigenvalue weighted by Crippen LogP contribution is 2.17. The molecule has 0 N–H and O–H groups in total. The van der Waals surface area contributed by atoms with Crippen LogP contribution in [0.4, 0.5) is 0 Å². The molecule has 0 atom stereocenters. The summed E-state index contributed by atoms with van der Waals surface area (Å²) in [6.45, 7) is 0. The molecule has 2 aromatic heterocycles. The number of hydrogen-bond donors (Lipinski definition) is 0. The van der Waals surface area contributed by atoms with Gasteiger partial charge in [-0.3, -0.25) is 4.98 Å². The van der Waals surface area contributed by atoms with Gasteiger partial charge in [0.25, 0.3) is 0 Å². The van der Waals surface area contributed by atoms with E-state index in [0.29, 0.717) is 11.6 Å². The second kappa shape index (κ2) is 4.36. The number of hydrogen-bond acceptors (Lipinski definition) is 3. The van der Waals surface area contributed by atoms with Crippen molar-refractivity contribution in [3.63, 3.8) is 0 Å². The first-order chi connectivity index (χ1) is 6.84. The molecule has 0 aliphatic rings. The average Bonchev–Trinajstić information content (AvgIpc) is 2.23. The summed E-state index contributed by atoms with van der Waals surface area (Å²) in [7, 11) is 0. The molecule has 2 heterocycles. The molecule has 0 fully saturated rings. The van der Waals surface area contributed by atoms with E-state index in [1.165, 1.54) is 0 Å². The quantitative estimate of drug-likeness (QED) is 0.800. The SMILES string of the molecule is Ic1ccc(Oc2cccnc2)nc1. The van der Waals surface area contributed by atoms with Gasteiger partial charge in [-0.1, -0.05) is 0 Å². The lowest BCUT2D eigenvalue weighted by Gasteiger charge is -2.02. The van der Waals surface area contributed by atoms with Gasteiger partial charge in [-0.2, -0.15) is 0 Å². The molecule has 0 unspecified atom stereocenters. The molecule has 70 valence electrons. The van der Waals surface area contributed by atoms with Crippen molar-refractivity contribution < 1.29 is 4.74 Å². The van der Waals surface area contributed by atoms with Gasteiger partial charge < -0.3 is 4.74 Å². The van der Waals surface area contributed by atoms with Gasteiger partial charge in [0, 0.05) is 22.0 Å². The van der Waals surface area contributed by atoms with Gasteiger partial charge in [0.2, 0.25) is 5.88 Å². The third kappa shape index (κ3) is 2.41. The standard InChI is InChI=1S/C10H7IN2O/c11-8-3-4-10(13-6-8)14-9-2-1-5-12-7-9/h1-7H. The van der Waals surface area contributed by atoms with Gasteiger partial charge >= 0.3 is 0 Å². The summed E-state index contributed by atoms with van der Waals surface area (Å²) >= 11 is 2.20. The van der Waals surface area contributed by atoms with Crippen LogP contribution in [0.3, 0.4) is 0 Å². The first kappa shape index (κ1) is 9.39. The molecule has 4 heteroatoms. The smallest absolute Gasteiger partial charge is 0.219 e. The molecule has 2 rings (SSSR count). The van der Waals surface area contributed by atoms with Gasteiger partial charge in [0.15, 0.2) is 0 Å². The number of aromatic nitrogens is 2. The first-order valence-electron chi connectivity index (χ1n) is 4.04. The molecule has 0 aromatic carbocycles. The summed E-state index contributed by atoms with van der Waals surface area (Å²) in [4.78, 5) is 8.06. The van der Waals surface area contributed by atoms with Crippen LogP contribution in [0.5, 0.6) is 11.6 Å². The summed E-state index contributed by atoms with van der Waals surface area (Å²) in [6.07, 6.45) is 5.11. The maximum Gasteiger partial charge on any atom is 0.219 e. The minimum absolute atomic E-state index is 0.582. The minimum Gasteiger partial charge on any atom is -0.437 e. The molecular formula is C10H7IN2O. The summed E-state index contributed by atoms with van der Waals surface area (Å²) in [5.41, 5.74) is 0. The number of pyridine rings is 2. The predicted molar refractivity (Wildman–Crippen MR) is 61.3 cm³/mol. The second-order valence-corrected chi connectivity index (χ2v) is 3.85. The molecule has 0 aliphatic carbocycles. The molecule has 0 spiro atoms. The van der Waals surface area contributed by atoms with Crippen LogP contribution >= 0.6 is 22.6 Å². The number of ether oxygens (including phenoxy) is 1. The molecule has 3 nitrogen and oxygen atoms in total. The van der Waals surface area contributed by atoms with Crippen molar-refractivity contribution in [2.24, 2.45) is 0 Å². The molecule has 0 amide bonds. The van der Waals surface area contributed by atoms with Crippen LogP contribution in [0.15, 0.2) is 42.9 Å². The van der Waals surface area contributed by atoms with E-state index in [1.807, 2.05) is 24.3 Å². The van der Waals surface area contributed by atoms with Crippen LogP contribution in [-0.2, 0) is 0 Å². The Morgan fingerprint density at radius 3 is 2.71 bits per heavy atom. The van der Waals surface area contributed by atoms with E-state index in [9.17, 15) is 0 Å². The highest BCUT2D eigenvalue weighted by Gasteiger charge is 1.96. The largest absolute Gasteiger partial charge is 0.437 e. The summed E-state index contributed by atoms with van der Waals surface area (Å²) in [6, 6.07) is 7.43. The summed E-state index contributed by atoms with van der Waals surface area (Å²) < 4.78 is 6.54. The molecule has 14 heavy (non-hydrogen) atoms. The Bertz CT molecular complexity index is 402. The Morgan fingerprint density at radius 2 is 2.07 bits per heavy atom. The summed E-state index contributed by atoms with van der Waals surface area (Å²) in [5.74, 6) is 1.28. The van der Waals surface area contributed by atoms with E-state index in [0.717, 1.165) is 3.57 Å². The first-order valence-corrected chi connectivity index (χ1v) is 5.12. The van der Waals surface area contributed by atoms with Crippen LogP contribution in [0.1, 0.15) is 0 Å². The van der Waals surface area contributed by atoms with Crippen LogP contribution in [0.25, 0.3) is 0 Å². The van der Waals surface area contributed by atoms with Crippen molar-refractivity contribution in [2.45, 2.75) is 0 Å². The molecule has 0 saturated carbocycles. The molecule has 0 saturated heterocycles. The topological polar surface area (TPSA) is 35.0 Å². The maximum atomic E-state index is 5.46. The third-order valence-corrected chi connectivity index (χ3v) is 2.20. The number of nitrogens with zero attached hydrogens (tertiary/aromatic N) is 2. The lowest BCUT2D eigenvalue weighted by atomic mass is 10.4. The van der Waals surface area contributed by atoms with Gasteiger partial charge in [0.05, 0.1) is 6.20 Å². The Kier molecular flexibility index (Phi) is 2.93. The van der Waals surface area contributed by atoms with Crippen molar-refractivity contribution in [1.82, 2.24) is 9.97 Å². The number of halogens is 1. The minimum atomic E-state index is 0.582. The zero-order valence-corrected chi connectivity index (χ0v) is 9.38. The molecule has 0 aliphatic heterocycles. The van der Waals surface area contributed by atoms with Crippen LogP contribution < -0.4 is 4.74 Å². The Balaban J connectivity index is 2.16. The van der Waals surface area contributed by atoms with Crippen molar-refractivity contribution in [2.75, 3.05) is 0 Å². The van der Waals surface area contributed by atoms with E-state index < -0.39 is 0 Å². The van der Waals surface area contributed by atoms with Crippen LogP contribution in [0, 0.1) is 3.57 Å². The van der Waals surface area contributed by atoms with E-state index in [1.54, 1.807) is 18.6 Å². The van der Waals surface area contributed by atoms with E-state index in [-0.39, 0.29) is 0 Å². The molecular weight excluding hydrogens is 291 g/mol.